The number of ether oxygens (including phenoxy) is 1. The third-order valence-corrected chi connectivity index (χ3v) is 6.09. The van der Waals surface area contributed by atoms with Crippen molar-refractivity contribution in [3.63, 3.8) is 0 Å². The summed E-state index contributed by atoms with van der Waals surface area (Å²) in [7, 11) is 0. The van der Waals surface area contributed by atoms with Crippen LogP contribution in [-0.2, 0) is 0 Å². The number of hydrogen-bond acceptors (Lipinski definition) is 6. The summed E-state index contributed by atoms with van der Waals surface area (Å²) in [4.78, 5) is 8.72. The highest BCUT2D eigenvalue weighted by Gasteiger charge is 2.24. The van der Waals surface area contributed by atoms with E-state index in [1.807, 2.05) is 42.0 Å². The Hall–Kier alpha value is -4.27. The van der Waals surface area contributed by atoms with Crippen LogP contribution in [-0.4, -0.2) is 35.6 Å². The molecule has 0 radical (unpaired) electrons. The summed E-state index contributed by atoms with van der Waals surface area (Å²) in [5.41, 5.74) is 9.87. The zero-order chi connectivity index (χ0) is 23.2. The largest absolute Gasteiger partial charge is 0.490 e. The van der Waals surface area contributed by atoms with Crippen molar-refractivity contribution in [2.24, 2.45) is 0 Å². The van der Waals surface area contributed by atoms with Gasteiger partial charge in [0.2, 0.25) is 0 Å². The number of aromatic nitrogens is 6. The van der Waals surface area contributed by atoms with Crippen molar-refractivity contribution < 1.29 is 9.13 Å². The molecule has 3 aromatic heterocycles. The van der Waals surface area contributed by atoms with Gasteiger partial charge < -0.3 is 15.0 Å². The molecule has 0 spiro atoms. The summed E-state index contributed by atoms with van der Waals surface area (Å²) in [6.45, 7) is 1.99. The van der Waals surface area contributed by atoms with Crippen LogP contribution >= 0.6 is 0 Å². The van der Waals surface area contributed by atoms with Crippen molar-refractivity contribution in [3.05, 3.63) is 78.8 Å². The Balaban J connectivity index is 1.40. The Kier molecular flexibility index (Phi) is 4.75. The number of halogens is 1. The Morgan fingerprint density at radius 2 is 1.85 bits per heavy atom. The Labute approximate surface area is 194 Å². The second-order valence-corrected chi connectivity index (χ2v) is 8.46. The molecule has 5 aromatic rings. The third kappa shape index (κ3) is 3.55. The molecule has 1 saturated carbocycles. The van der Waals surface area contributed by atoms with Gasteiger partial charge in [-0.05, 0) is 49.6 Å². The van der Waals surface area contributed by atoms with Crippen LogP contribution in [0.5, 0.6) is 5.75 Å². The van der Waals surface area contributed by atoms with E-state index in [-0.39, 0.29) is 11.9 Å². The van der Waals surface area contributed by atoms with Gasteiger partial charge in [0, 0.05) is 11.8 Å². The number of nitrogen functional groups attached to an aromatic ring is 1. The van der Waals surface area contributed by atoms with E-state index in [1.54, 1.807) is 24.4 Å². The van der Waals surface area contributed by atoms with E-state index in [9.17, 15) is 4.39 Å². The van der Waals surface area contributed by atoms with Gasteiger partial charge in [-0.2, -0.15) is 0 Å². The first kappa shape index (κ1) is 20.3. The zero-order valence-corrected chi connectivity index (χ0v) is 18.5. The van der Waals surface area contributed by atoms with Gasteiger partial charge in [-0.3, -0.25) is 0 Å². The van der Waals surface area contributed by atoms with Gasteiger partial charge in [-0.25, -0.2) is 19.0 Å². The fourth-order valence-corrected chi connectivity index (χ4v) is 4.08. The van der Waals surface area contributed by atoms with E-state index in [2.05, 4.69) is 20.3 Å². The average Bonchev–Trinajstić information content (AvgIpc) is 3.37. The first-order valence-electron chi connectivity index (χ1n) is 11.1. The minimum atomic E-state index is -0.366. The molecule has 0 saturated heterocycles. The first-order chi connectivity index (χ1) is 16.6. The predicted octanol–water partition coefficient (Wildman–Crippen LogP) is 4.55. The molecule has 6 rings (SSSR count). The summed E-state index contributed by atoms with van der Waals surface area (Å²) in [6.07, 6.45) is 7.75. The Bertz CT molecular complexity index is 1490. The van der Waals surface area contributed by atoms with E-state index in [4.69, 9.17) is 10.5 Å². The van der Waals surface area contributed by atoms with Crippen LogP contribution in [0.4, 0.5) is 10.2 Å². The van der Waals surface area contributed by atoms with Crippen LogP contribution in [0.1, 0.15) is 31.5 Å². The molecule has 2 N–H and O–H groups in total. The van der Waals surface area contributed by atoms with Gasteiger partial charge in [0.25, 0.3) is 0 Å². The van der Waals surface area contributed by atoms with Crippen LogP contribution < -0.4 is 10.5 Å². The van der Waals surface area contributed by atoms with Crippen LogP contribution in [0.2, 0.25) is 0 Å². The fourth-order valence-electron chi connectivity index (χ4n) is 4.08. The van der Waals surface area contributed by atoms with E-state index in [1.165, 1.54) is 17.1 Å². The van der Waals surface area contributed by atoms with Crippen molar-refractivity contribution in [2.75, 3.05) is 5.73 Å². The third-order valence-electron chi connectivity index (χ3n) is 6.09. The van der Waals surface area contributed by atoms with E-state index >= 15 is 0 Å². The average molecular weight is 455 g/mol. The topological polar surface area (TPSA) is 96.7 Å². The SMILES string of the molecule is C[C@@H](c1cn(-c2ccccc2F)nn1)n1cc(-c2ccc(OC3CC3)cc2)c2c(N)ncnc21. The summed E-state index contributed by atoms with van der Waals surface area (Å²) in [6, 6.07) is 14.2. The summed E-state index contributed by atoms with van der Waals surface area (Å²) >= 11 is 0. The molecule has 1 aliphatic carbocycles. The van der Waals surface area contributed by atoms with Crippen molar-refractivity contribution >= 4 is 16.9 Å². The number of anilines is 1. The molecule has 0 unspecified atom stereocenters. The maximum absolute atomic E-state index is 14.2. The zero-order valence-electron chi connectivity index (χ0n) is 18.5. The van der Waals surface area contributed by atoms with Crippen molar-refractivity contribution in [2.45, 2.75) is 31.9 Å². The lowest BCUT2D eigenvalue weighted by Crippen LogP contribution is -2.07. The molecule has 1 fully saturated rings. The number of nitrogens with zero attached hydrogens (tertiary/aromatic N) is 6. The minimum Gasteiger partial charge on any atom is -0.490 e. The smallest absolute Gasteiger partial charge is 0.148 e. The standard InChI is InChI=1S/C25H22FN7O/c1-15(21-13-33(31-30-21)22-5-3-2-4-20(22)26)32-12-19(23-24(27)28-14-29-25(23)32)16-6-8-17(9-7-16)34-18-10-11-18/h2-9,12-15,18H,10-11H2,1H3,(H2,27,28,29)/t15-/m0/s1. The highest BCUT2D eigenvalue weighted by atomic mass is 19.1. The Morgan fingerprint density at radius 3 is 2.62 bits per heavy atom. The molecule has 0 aliphatic heterocycles. The lowest BCUT2D eigenvalue weighted by atomic mass is 10.1. The minimum absolute atomic E-state index is 0.233. The van der Waals surface area contributed by atoms with Gasteiger partial charge in [0.15, 0.2) is 0 Å². The number of para-hydroxylation sites is 1. The Morgan fingerprint density at radius 1 is 1.06 bits per heavy atom. The van der Waals surface area contributed by atoms with Crippen LogP contribution in [0.25, 0.3) is 27.8 Å². The molecule has 9 heteroatoms. The number of benzene rings is 2. The van der Waals surface area contributed by atoms with Gasteiger partial charge in [0.05, 0.1) is 23.7 Å². The summed E-state index contributed by atoms with van der Waals surface area (Å²) in [5.74, 6) is 0.895. The predicted molar refractivity (Wildman–Crippen MR) is 126 cm³/mol. The number of nitrogens with two attached hydrogens (primary N) is 1. The van der Waals surface area contributed by atoms with Gasteiger partial charge in [-0.1, -0.05) is 29.5 Å². The van der Waals surface area contributed by atoms with Gasteiger partial charge in [-0.15, -0.1) is 5.10 Å². The number of hydrogen-bond donors (Lipinski definition) is 1. The molecule has 8 nitrogen and oxygen atoms in total. The van der Waals surface area contributed by atoms with E-state index in [0.29, 0.717) is 29.0 Å². The molecular weight excluding hydrogens is 433 g/mol. The molecule has 170 valence electrons. The monoisotopic (exact) mass is 455 g/mol. The number of fused-ring (bicyclic) bond motifs is 1. The molecule has 3 heterocycles. The van der Waals surface area contributed by atoms with Crippen LogP contribution in [0.3, 0.4) is 0 Å². The number of rotatable bonds is 6. The highest BCUT2D eigenvalue weighted by molar-refractivity contribution is 6.00. The second-order valence-electron chi connectivity index (χ2n) is 8.46. The molecule has 1 atom stereocenters. The normalized spacial score (nSPS) is 14.4. The van der Waals surface area contributed by atoms with Crippen molar-refractivity contribution in [3.8, 4) is 22.6 Å². The summed E-state index contributed by atoms with van der Waals surface area (Å²) < 4.78 is 23.5. The summed E-state index contributed by atoms with van der Waals surface area (Å²) in [5, 5.41) is 9.21. The quantitative estimate of drug-likeness (QED) is 0.403. The van der Waals surface area contributed by atoms with Crippen LogP contribution in [0.15, 0.2) is 67.3 Å². The van der Waals surface area contributed by atoms with Crippen molar-refractivity contribution in [1.82, 2.24) is 29.5 Å². The fraction of sp³-hybridized carbons (Fsp3) is 0.200. The molecule has 0 amide bonds. The first-order valence-corrected chi connectivity index (χ1v) is 11.1. The van der Waals surface area contributed by atoms with E-state index in [0.717, 1.165) is 35.1 Å². The molecule has 34 heavy (non-hydrogen) atoms. The molecule has 0 bridgehead atoms. The van der Waals surface area contributed by atoms with Crippen LogP contribution in [0, 0.1) is 5.82 Å². The van der Waals surface area contributed by atoms with Crippen molar-refractivity contribution in [1.29, 1.82) is 0 Å². The van der Waals surface area contributed by atoms with Gasteiger partial charge >= 0.3 is 0 Å². The van der Waals surface area contributed by atoms with Gasteiger partial charge in [0.1, 0.15) is 40.7 Å². The lowest BCUT2D eigenvalue weighted by molar-refractivity contribution is 0.303. The molecule has 1 aliphatic rings. The highest BCUT2D eigenvalue weighted by Crippen LogP contribution is 2.36. The van der Waals surface area contributed by atoms with E-state index < -0.39 is 0 Å². The maximum atomic E-state index is 14.2. The second kappa shape index (κ2) is 7.95. The molecule has 2 aromatic carbocycles. The molecular formula is C25H22FN7O. The maximum Gasteiger partial charge on any atom is 0.148 e. The lowest BCUT2D eigenvalue weighted by Gasteiger charge is -2.11.